The minimum atomic E-state index is -0.908. The number of amidine groups is 1. The maximum atomic E-state index is 12.9. The molecule has 0 spiro atoms. The molecule has 9 heteroatoms. The predicted octanol–water partition coefficient (Wildman–Crippen LogP) is 4.32. The van der Waals surface area contributed by atoms with Crippen molar-refractivity contribution in [1.29, 1.82) is 0 Å². The molecular formula is C20H21N3O4S2. The van der Waals surface area contributed by atoms with Gasteiger partial charge in [0, 0.05) is 11.9 Å². The number of aliphatic carboxylic acids is 1. The van der Waals surface area contributed by atoms with Crippen molar-refractivity contribution in [2.75, 3.05) is 13.2 Å². The Kier molecular flexibility index (Phi) is 7.05. The maximum absolute atomic E-state index is 12.9. The molecule has 0 radical (unpaired) electrons. The second kappa shape index (κ2) is 9.71. The number of aryl methyl sites for hydroxylation is 1. The quantitative estimate of drug-likeness (QED) is 0.626. The van der Waals surface area contributed by atoms with E-state index < -0.39 is 5.97 Å². The Morgan fingerprint density at radius 1 is 1.41 bits per heavy atom. The Labute approximate surface area is 177 Å². The van der Waals surface area contributed by atoms with Crippen molar-refractivity contribution >= 4 is 51.4 Å². The molecule has 1 aromatic carbocycles. The normalized spacial score (nSPS) is 16.8. The third-order valence-electron chi connectivity index (χ3n) is 3.87. The van der Waals surface area contributed by atoms with Crippen molar-refractivity contribution < 1.29 is 19.4 Å². The highest BCUT2D eigenvalue weighted by Crippen LogP contribution is 2.35. The van der Waals surface area contributed by atoms with Crippen LogP contribution in [0.2, 0.25) is 0 Å². The second-order valence-electron chi connectivity index (χ2n) is 6.30. The van der Waals surface area contributed by atoms with Crippen LogP contribution in [0.3, 0.4) is 0 Å². The molecule has 3 rings (SSSR count). The molecule has 1 aromatic heterocycles. The number of rotatable bonds is 8. The minimum Gasteiger partial charge on any atom is -0.493 e. The van der Waals surface area contributed by atoms with E-state index in [-0.39, 0.29) is 18.9 Å². The largest absolute Gasteiger partial charge is 0.493 e. The lowest BCUT2D eigenvalue weighted by molar-refractivity contribution is -0.137. The van der Waals surface area contributed by atoms with Crippen LogP contribution >= 0.6 is 23.1 Å². The highest BCUT2D eigenvalue weighted by Gasteiger charge is 2.33. The van der Waals surface area contributed by atoms with E-state index in [1.165, 1.54) is 23.1 Å². The van der Waals surface area contributed by atoms with Gasteiger partial charge in [-0.3, -0.25) is 14.5 Å². The molecule has 1 N–H and O–H groups in total. The molecule has 2 heterocycles. The third kappa shape index (κ3) is 5.68. The van der Waals surface area contributed by atoms with Gasteiger partial charge in [-0.15, -0.1) is 11.3 Å². The lowest BCUT2D eigenvalue weighted by Gasteiger charge is -2.13. The monoisotopic (exact) mass is 431 g/mol. The zero-order valence-electron chi connectivity index (χ0n) is 16.1. The zero-order chi connectivity index (χ0) is 20.8. The number of amides is 1. The van der Waals surface area contributed by atoms with Crippen molar-refractivity contribution in [2.45, 2.75) is 26.7 Å². The molecule has 1 aliphatic heterocycles. The number of nitrogens with zero attached hydrogens (tertiary/aromatic N) is 3. The molecule has 0 aliphatic carbocycles. The summed E-state index contributed by atoms with van der Waals surface area (Å²) in [6.07, 6.45) is 2.55. The van der Waals surface area contributed by atoms with Gasteiger partial charge in [-0.05, 0) is 48.9 Å². The lowest BCUT2D eigenvalue weighted by Crippen LogP contribution is -2.29. The Hall–Kier alpha value is -2.65. The summed E-state index contributed by atoms with van der Waals surface area (Å²) in [6.45, 7) is 4.61. The molecule has 0 unspecified atom stereocenters. The number of benzene rings is 1. The van der Waals surface area contributed by atoms with Gasteiger partial charge in [0.2, 0.25) is 5.13 Å². The topological polar surface area (TPSA) is 92.1 Å². The van der Waals surface area contributed by atoms with Gasteiger partial charge in [-0.2, -0.15) is 4.99 Å². The summed E-state index contributed by atoms with van der Waals surface area (Å²) < 4.78 is 5.47. The Balaban J connectivity index is 1.81. The lowest BCUT2D eigenvalue weighted by atomic mass is 10.2. The Bertz CT molecular complexity index is 968. The predicted molar refractivity (Wildman–Crippen MR) is 116 cm³/mol. The fourth-order valence-corrected chi connectivity index (χ4v) is 4.32. The molecule has 7 nitrogen and oxygen atoms in total. The van der Waals surface area contributed by atoms with Crippen LogP contribution in [-0.4, -0.2) is 45.2 Å². The summed E-state index contributed by atoms with van der Waals surface area (Å²) in [7, 11) is 0. The summed E-state index contributed by atoms with van der Waals surface area (Å²) in [4.78, 5) is 34.7. The number of aromatic nitrogens is 1. The molecule has 1 saturated heterocycles. The second-order valence-corrected chi connectivity index (χ2v) is 8.14. The van der Waals surface area contributed by atoms with Gasteiger partial charge in [0.25, 0.3) is 5.91 Å². The van der Waals surface area contributed by atoms with Crippen molar-refractivity contribution in [3.63, 3.8) is 0 Å². The number of carbonyl (C=O) groups excluding carboxylic acids is 1. The van der Waals surface area contributed by atoms with Crippen LogP contribution in [0.1, 0.15) is 31.0 Å². The average Bonchev–Trinajstić information content (AvgIpc) is 3.20. The molecule has 0 bridgehead atoms. The molecule has 0 atom stereocenters. The highest BCUT2D eigenvalue weighted by molar-refractivity contribution is 8.18. The maximum Gasteiger partial charge on any atom is 0.306 e. The standard InChI is InChI=1S/C20H21N3O4S2/c1-3-8-23-18(26)16(29-20(23)22-19-21-13(2)12-28-19)11-14-5-4-6-15(10-14)27-9-7-17(24)25/h4-6,10-12H,3,7-9H2,1-2H3,(H,24,25)/b16-11+,22-20+. The molecule has 1 amide bonds. The highest BCUT2D eigenvalue weighted by atomic mass is 32.2. The van der Waals surface area contributed by atoms with E-state index in [2.05, 4.69) is 9.98 Å². The van der Waals surface area contributed by atoms with Crippen molar-refractivity contribution in [2.24, 2.45) is 4.99 Å². The Morgan fingerprint density at radius 2 is 2.24 bits per heavy atom. The van der Waals surface area contributed by atoms with Crippen LogP contribution in [-0.2, 0) is 9.59 Å². The first-order valence-corrected chi connectivity index (χ1v) is 10.8. The number of carboxylic acids is 1. The van der Waals surface area contributed by atoms with E-state index in [1.807, 2.05) is 31.4 Å². The minimum absolute atomic E-state index is 0.0678. The van der Waals surface area contributed by atoms with Crippen molar-refractivity contribution in [1.82, 2.24) is 9.88 Å². The van der Waals surface area contributed by atoms with Gasteiger partial charge >= 0.3 is 5.97 Å². The molecule has 29 heavy (non-hydrogen) atoms. The van der Waals surface area contributed by atoms with Gasteiger partial charge in [0.1, 0.15) is 5.75 Å². The van der Waals surface area contributed by atoms with Crippen LogP contribution in [0.15, 0.2) is 39.5 Å². The SMILES string of the molecule is CCCN1C(=O)/C(=C\c2cccc(OCCC(=O)O)c2)S/C1=N/c1nc(C)cs1. The van der Waals surface area contributed by atoms with Gasteiger partial charge in [-0.25, -0.2) is 4.98 Å². The number of carbonyl (C=O) groups is 2. The molecule has 2 aromatic rings. The van der Waals surface area contributed by atoms with E-state index in [4.69, 9.17) is 9.84 Å². The van der Waals surface area contributed by atoms with Crippen molar-refractivity contribution in [3.05, 3.63) is 45.8 Å². The average molecular weight is 432 g/mol. The molecule has 1 fully saturated rings. The number of ether oxygens (including phenoxy) is 1. The Morgan fingerprint density at radius 3 is 2.93 bits per heavy atom. The molecule has 152 valence electrons. The van der Waals surface area contributed by atoms with Crippen LogP contribution in [0.5, 0.6) is 5.75 Å². The summed E-state index contributed by atoms with van der Waals surface area (Å²) >= 11 is 2.78. The number of thioether (sulfide) groups is 1. The van der Waals surface area contributed by atoms with E-state index in [1.54, 1.807) is 23.1 Å². The first kappa shape index (κ1) is 21.1. The number of carboxylic acid groups (broad SMARTS) is 1. The van der Waals surface area contributed by atoms with Gasteiger partial charge < -0.3 is 9.84 Å². The van der Waals surface area contributed by atoms with E-state index in [0.29, 0.717) is 27.5 Å². The van der Waals surface area contributed by atoms with E-state index >= 15 is 0 Å². The molecule has 0 saturated carbocycles. The van der Waals surface area contributed by atoms with Gasteiger partial charge in [0.15, 0.2) is 5.17 Å². The van der Waals surface area contributed by atoms with Crippen LogP contribution in [0.4, 0.5) is 5.13 Å². The third-order valence-corrected chi connectivity index (χ3v) is 5.73. The summed E-state index contributed by atoms with van der Waals surface area (Å²) in [6, 6.07) is 7.22. The number of thiazole rings is 1. The molecule has 1 aliphatic rings. The van der Waals surface area contributed by atoms with Crippen LogP contribution < -0.4 is 4.74 Å². The fourth-order valence-electron chi connectivity index (χ4n) is 2.59. The summed E-state index contributed by atoms with van der Waals surface area (Å²) in [5.74, 6) is -0.427. The van der Waals surface area contributed by atoms with Gasteiger partial charge in [0.05, 0.1) is 23.6 Å². The summed E-state index contributed by atoms with van der Waals surface area (Å²) in [5, 5.41) is 11.9. The van der Waals surface area contributed by atoms with Crippen LogP contribution in [0.25, 0.3) is 6.08 Å². The first-order valence-electron chi connectivity index (χ1n) is 9.13. The van der Waals surface area contributed by atoms with Crippen LogP contribution in [0, 0.1) is 6.92 Å². The number of hydrogen-bond acceptors (Lipinski definition) is 7. The smallest absolute Gasteiger partial charge is 0.306 e. The fraction of sp³-hybridized carbons (Fsp3) is 0.300. The van der Waals surface area contributed by atoms with E-state index in [0.717, 1.165) is 17.7 Å². The summed E-state index contributed by atoms with van der Waals surface area (Å²) in [5.41, 5.74) is 1.71. The van der Waals surface area contributed by atoms with Crippen molar-refractivity contribution in [3.8, 4) is 5.75 Å². The molecular weight excluding hydrogens is 410 g/mol. The van der Waals surface area contributed by atoms with E-state index in [9.17, 15) is 9.59 Å². The van der Waals surface area contributed by atoms with Gasteiger partial charge in [-0.1, -0.05) is 19.1 Å². The first-order chi connectivity index (χ1) is 14.0. The number of hydrogen-bond donors (Lipinski definition) is 1. The zero-order valence-corrected chi connectivity index (χ0v) is 17.8. The number of aliphatic imine (C=N–C) groups is 1.